The number of hydrogen-bond acceptors (Lipinski definition) is 4. The van der Waals surface area contributed by atoms with Gasteiger partial charge in [-0.1, -0.05) is 36.0 Å². The highest BCUT2D eigenvalue weighted by Crippen LogP contribution is 2.33. The molecule has 2 heterocycles. The Morgan fingerprint density at radius 2 is 2.05 bits per heavy atom. The number of nitrogens with one attached hydrogen (secondary N) is 1. The molecule has 0 bridgehead atoms. The van der Waals surface area contributed by atoms with Gasteiger partial charge >= 0.3 is 0 Å². The molecule has 3 rings (SSSR count). The summed E-state index contributed by atoms with van der Waals surface area (Å²) in [7, 11) is 0. The highest BCUT2D eigenvalue weighted by molar-refractivity contribution is 7.98. The van der Waals surface area contributed by atoms with E-state index in [1.165, 1.54) is 28.7 Å². The van der Waals surface area contributed by atoms with E-state index in [1.54, 1.807) is 0 Å². The average molecular weight is 288 g/mol. The van der Waals surface area contributed by atoms with E-state index in [9.17, 15) is 4.79 Å². The molecule has 1 N–H and O–H groups in total. The van der Waals surface area contributed by atoms with Crippen LogP contribution < -0.4 is 5.56 Å². The van der Waals surface area contributed by atoms with E-state index in [1.807, 2.05) is 23.8 Å². The fourth-order valence-corrected chi connectivity index (χ4v) is 3.35. The maximum absolute atomic E-state index is 12.0. The molecule has 0 aliphatic rings. The standard InChI is InChI=1S/C14H12N2OS2/c1-8-5-3-4-6-9(8)10-7-19-12-11(10)15-14(18-2)16-13(12)17/h3-7H,1-2H3,(H,15,16,17). The predicted molar refractivity (Wildman–Crippen MR) is 82.2 cm³/mol. The van der Waals surface area contributed by atoms with Crippen LogP contribution in [-0.2, 0) is 0 Å². The van der Waals surface area contributed by atoms with Gasteiger partial charge in [-0.05, 0) is 24.3 Å². The van der Waals surface area contributed by atoms with Gasteiger partial charge in [0.2, 0.25) is 0 Å². The molecule has 0 saturated carbocycles. The molecule has 3 aromatic rings. The molecule has 0 radical (unpaired) electrons. The Hall–Kier alpha value is -1.59. The molecule has 96 valence electrons. The first-order chi connectivity index (χ1) is 9.20. The normalized spacial score (nSPS) is 11.1. The van der Waals surface area contributed by atoms with Crippen molar-refractivity contribution in [2.24, 2.45) is 0 Å². The number of thioether (sulfide) groups is 1. The molecule has 2 aromatic heterocycles. The van der Waals surface area contributed by atoms with Gasteiger partial charge in [-0.2, -0.15) is 0 Å². The van der Waals surface area contributed by atoms with Gasteiger partial charge in [0.1, 0.15) is 4.70 Å². The lowest BCUT2D eigenvalue weighted by Crippen LogP contribution is -2.07. The lowest BCUT2D eigenvalue weighted by Gasteiger charge is -2.04. The quantitative estimate of drug-likeness (QED) is 0.578. The number of nitrogens with zero attached hydrogens (tertiary/aromatic N) is 1. The van der Waals surface area contributed by atoms with Crippen LogP contribution in [0.25, 0.3) is 21.3 Å². The molecule has 0 fully saturated rings. The molecule has 0 aliphatic heterocycles. The van der Waals surface area contributed by atoms with Crippen LogP contribution in [0.4, 0.5) is 0 Å². The molecule has 19 heavy (non-hydrogen) atoms. The zero-order chi connectivity index (χ0) is 13.4. The summed E-state index contributed by atoms with van der Waals surface area (Å²) in [6.45, 7) is 2.07. The largest absolute Gasteiger partial charge is 0.300 e. The molecular formula is C14H12N2OS2. The number of fused-ring (bicyclic) bond motifs is 1. The van der Waals surface area contributed by atoms with Crippen LogP contribution in [-0.4, -0.2) is 16.2 Å². The van der Waals surface area contributed by atoms with Gasteiger partial charge in [0.25, 0.3) is 5.56 Å². The van der Waals surface area contributed by atoms with Crippen molar-refractivity contribution >= 4 is 33.3 Å². The van der Waals surface area contributed by atoms with Crippen molar-refractivity contribution in [2.45, 2.75) is 12.1 Å². The van der Waals surface area contributed by atoms with Gasteiger partial charge in [0.15, 0.2) is 5.16 Å². The van der Waals surface area contributed by atoms with E-state index in [-0.39, 0.29) is 5.56 Å². The number of benzene rings is 1. The van der Waals surface area contributed by atoms with Crippen molar-refractivity contribution in [1.29, 1.82) is 0 Å². The Morgan fingerprint density at radius 1 is 1.26 bits per heavy atom. The van der Waals surface area contributed by atoms with E-state index >= 15 is 0 Å². The van der Waals surface area contributed by atoms with Crippen LogP contribution in [0.15, 0.2) is 39.6 Å². The minimum Gasteiger partial charge on any atom is -0.300 e. The molecule has 0 atom stereocenters. The fraction of sp³-hybridized carbons (Fsp3) is 0.143. The zero-order valence-corrected chi connectivity index (χ0v) is 12.2. The second-order valence-electron chi connectivity index (χ2n) is 4.22. The first kappa shape index (κ1) is 12.4. The monoisotopic (exact) mass is 288 g/mol. The summed E-state index contributed by atoms with van der Waals surface area (Å²) in [6.07, 6.45) is 1.91. The van der Waals surface area contributed by atoms with Gasteiger partial charge in [-0.25, -0.2) is 4.98 Å². The highest BCUT2D eigenvalue weighted by Gasteiger charge is 2.13. The summed E-state index contributed by atoms with van der Waals surface area (Å²) in [5, 5.41) is 2.67. The smallest absolute Gasteiger partial charge is 0.269 e. The van der Waals surface area contributed by atoms with Gasteiger partial charge < -0.3 is 4.98 Å². The number of H-pyrrole nitrogens is 1. The van der Waals surface area contributed by atoms with Crippen LogP contribution in [0.3, 0.4) is 0 Å². The second kappa shape index (κ2) is 4.83. The van der Waals surface area contributed by atoms with Crippen molar-refractivity contribution in [3.8, 4) is 11.1 Å². The Morgan fingerprint density at radius 3 is 2.79 bits per heavy atom. The van der Waals surface area contributed by atoms with Crippen LogP contribution in [0.2, 0.25) is 0 Å². The average Bonchev–Trinajstić information content (AvgIpc) is 2.83. The lowest BCUT2D eigenvalue weighted by atomic mass is 10.0. The predicted octanol–water partition coefficient (Wildman–Crippen LogP) is 3.68. The zero-order valence-electron chi connectivity index (χ0n) is 10.6. The summed E-state index contributed by atoms with van der Waals surface area (Å²) in [6, 6.07) is 8.16. The first-order valence-corrected chi connectivity index (χ1v) is 7.92. The van der Waals surface area contributed by atoms with Crippen LogP contribution in [0.1, 0.15) is 5.56 Å². The van der Waals surface area contributed by atoms with Crippen molar-refractivity contribution in [2.75, 3.05) is 6.26 Å². The van der Waals surface area contributed by atoms with Gasteiger partial charge in [0.05, 0.1) is 5.52 Å². The topological polar surface area (TPSA) is 45.8 Å². The van der Waals surface area contributed by atoms with Crippen molar-refractivity contribution < 1.29 is 0 Å². The third-order valence-corrected chi connectivity index (χ3v) is 4.58. The summed E-state index contributed by atoms with van der Waals surface area (Å²) in [5.74, 6) is 0. The minimum absolute atomic E-state index is 0.0563. The Labute approximate surface area is 118 Å². The summed E-state index contributed by atoms with van der Waals surface area (Å²) in [4.78, 5) is 19.3. The maximum atomic E-state index is 12.0. The molecule has 0 amide bonds. The summed E-state index contributed by atoms with van der Waals surface area (Å²) >= 11 is 2.90. The third-order valence-electron chi connectivity index (χ3n) is 3.03. The molecule has 0 unspecified atom stereocenters. The van der Waals surface area contributed by atoms with E-state index in [2.05, 4.69) is 29.0 Å². The Kier molecular flexibility index (Phi) is 3.16. The first-order valence-electron chi connectivity index (χ1n) is 5.82. The van der Waals surface area contributed by atoms with E-state index < -0.39 is 0 Å². The van der Waals surface area contributed by atoms with Gasteiger partial charge in [-0.15, -0.1) is 11.3 Å². The Balaban J connectivity index is 2.34. The minimum atomic E-state index is -0.0563. The van der Waals surface area contributed by atoms with Gasteiger partial charge in [0, 0.05) is 10.9 Å². The van der Waals surface area contributed by atoms with Crippen molar-refractivity contribution in [3.05, 3.63) is 45.6 Å². The number of aryl methyl sites for hydroxylation is 1. The van der Waals surface area contributed by atoms with Gasteiger partial charge in [-0.3, -0.25) is 4.79 Å². The third kappa shape index (κ3) is 2.09. The summed E-state index contributed by atoms with van der Waals surface area (Å²) < 4.78 is 0.691. The summed E-state index contributed by atoms with van der Waals surface area (Å²) in [5.41, 5.74) is 4.11. The van der Waals surface area contributed by atoms with E-state index in [0.717, 1.165) is 16.6 Å². The molecule has 0 saturated heterocycles. The molecule has 0 spiro atoms. The number of aromatic nitrogens is 2. The maximum Gasteiger partial charge on any atom is 0.269 e. The number of rotatable bonds is 2. The number of thiophene rings is 1. The van der Waals surface area contributed by atoms with Crippen molar-refractivity contribution in [3.63, 3.8) is 0 Å². The Bertz CT molecular complexity index is 805. The van der Waals surface area contributed by atoms with E-state index in [0.29, 0.717) is 9.86 Å². The number of hydrogen-bond donors (Lipinski definition) is 1. The second-order valence-corrected chi connectivity index (χ2v) is 5.89. The fourth-order valence-electron chi connectivity index (χ4n) is 2.07. The van der Waals surface area contributed by atoms with E-state index in [4.69, 9.17) is 0 Å². The molecule has 5 heteroatoms. The van der Waals surface area contributed by atoms with Crippen LogP contribution >= 0.6 is 23.1 Å². The van der Waals surface area contributed by atoms with Crippen molar-refractivity contribution in [1.82, 2.24) is 9.97 Å². The van der Waals surface area contributed by atoms with Crippen LogP contribution in [0.5, 0.6) is 0 Å². The molecule has 3 nitrogen and oxygen atoms in total. The molecule has 1 aromatic carbocycles. The lowest BCUT2D eigenvalue weighted by molar-refractivity contribution is 0.982. The highest BCUT2D eigenvalue weighted by atomic mass is 32.2. The number of aromatic amines is 1. The SMILES string of the molecule is CSc1nc2c(-c3ccccc3C)csc2c(=O)[nH]1. The van der Waals surface area contributed by atoms with Crippen LogP contribution in [0, 0.1) is 6.92 Å². The molecule has 0 aliphatic carbocycles. The molecular weight excluding hydrogens is 276 g/mol.